The van der Waals surface area contributed by atoms with Crippen molar-refractivity contribution in [3.8, 4) is 6.07 Å². The lowest BCUT2D eigenvalue weighted by Gasteiger charge is -2.51. The Kier molecular flexibility index (Phi) is 3.24. The van der Waals surface area contributed by atoms with Crippen molar-refractivity contribution in [1.29, 1.82) is 5.26 Å². The van der Waals surface area contributed by atoms with E-state index in [0.29, 0.717) is 0 Å². The van der Waals surface area contributed by atoms with Crippen molar-refractivity contribution in [2.24, 2.45) is 5.41 Å². The molecule has 2 heterocycles. The van der Waals surface area contributed by atoms with Gasteiger partial charge in [0.1, 0.15) is 11.6 Å². The Morgan fingerprint density at radius 1 is 1.35 bits per heavy atom. The third-order valence-electron chi connectivity index (χ3n) is 5.61. The third kappa shape index (κ3) is 2.25. The van der Waals surface area contributed by atoms with Gasteiger partial charge in [0.05, 0.1) is 11.8 Å². The number of hydrogen-bond donors (Lipinski definition) is 1. The Bertz CT molecular complexity index is 731. The van der Waals surface area contributed by atoms with Gasteiger partial charge in [-0.25, -0.2) is 0 Å². The smallest absolute Gasteiger partial charge is 0.179 e. The van der Waals surface area contributed by atoms with Gasteiger partial charge in [0.15, 0.2) is 5.78 Å². The zero-order chi connectivity index (χ0) is 16.0. The maximum absolute atomic E-state index is 12.3. The molecule has 118 valence electrons. The molecule has 2 aliphatic carbocycles. The van der Waals surface area contributed by atoms with Gasteiger partial charge in [-0.05, 0) is 42.7 Å². The lowest BCUT2D eigenvalue weighted by molar-refractivity contribution is -0.114. The first-order valence-corrected chi connectivity index (χ1v) is 8.16. The standard InChI is InChI=1S/C18H19N3O2/c19-10-15-16(23)7-12-11-20-4-1-14(12)17(15)21-5-2-18(3-6-21)8-13(22)9-18/h1,4,11,13,22H,2-3,5-9H2. The van der Waals surface area contributed by atoms with Gasteiger partial charge in [-0.3, -0.25) is 9.78 Å². The summed E-state index contributed by atoms with van der Waals surface area (Å²) in [4.78, 5) is 18.6. The fraction of sp³-hybridized carbons (Fsp3) is 0.500. The lowest BCUT2D eigenvalue weighted by atomic mass is 9.61. The minimum atomic E-state index is -0.140. The van der Waals surface area contributed by atoms with Crippen LogP contribution < -0.4 is 0 Å². The lowest BCUT2D eigenvalue weighted by Crippen LogP contribution is -2.49. The van der Waals surface area contributed by atoms with Crippen LogP contribution in [-0.4, -0.2) is 40.0 Å². The first-order valence-electron chi connectivity index (χ1n) is 8.16. The number of aliphatic hydroxyl groups excluding tert-OH is 1. The van der Waals surface area contributed by atoms with Crippen LogP contribution in [0.1, 0.15) is 36.8 Å². The Balaban J connectivity index is 1.66. The van der Waals surface area contributed by atoms with E-state index in [1.807, 2.05) is 6.07 Å². The summed E-state index contributed by atoms with van der Waals surface area (Å²) >= 11 is 0. The van der Waals surface area contributed by atoms with E-state index in [9.17, 15) is 15.2 Å². The van der Waals surface area contributed by atoms with E-state index in [1.54, 1.807) is 12.4 Å². The van der Waals surface area contributed by atoms with Crippen LogP contribution in [0.15, 0.2) is 24.0 Å². The zero-order valence-electron chi connectivity index (χ0n) is 13.0. The number of Topliss-reactive ketones (excluding diaryl/α,β-unsaturated/α-hetero) is 1. The highest BCUT2D eigenvalue weighted by molar-refractivity contribution is 6.09. The third-order valence-corrected chi connectivity index (χ3v) is 5.61. The number of ketones is 1. The van der Waals surface area contributed by atoms with Crippen LogP contribution in [0.4, 0.5) is 0 Å². The molecule has 1 saturated heterocycles. The first kappa shape index (κ1) is 14.4. The molecule has 0 radical (unpaired) electrons. The molecular formula is C18H19N3O2. The number of rotatable bonds is 1. The van der Waals surface area contributed by atoms with Gasteiger partial charge in [-0.1, -0.05) is 0 Å². The zero-order valence-corrected chi connectivity index (χ0v) is 13.0. The Morgan fingerprint density at radius 3 is 2.74 bits per heavy atom. The van der Waals surface area contributed by atoms with Gasteiger partial charge in [0.25, 0.3) is 0 Å². The molecule has 0 unspecified atom stereocenters. The minimum absolute atomic E-state index is 0.109. The summed E-state index contributed by atoms with van der Waals surface area (Å²) in [7, 11) is 0. The molecule has 5 nitrogen and oxygen atoms in total. The second-order valence-corrected chi connectivity index (χ2v) is 7.02. The van der Waals surface area contributed by atoms with E-state index in [1.165, 1.54) is 0 Å². The average molecular weight is 309 g/mol. The topological polar surface area (TPSA) is 77.2 Å². The molecule has 0 bridgehead atoms. The number of nitriles is 1. The van der Waals surface area contributed by atoms with E-state index < -0.39 is 0 Å². The second-order valence-electron chi connectivity index (χ2n) is 7.02. The van der Waals surface area contributed by atoms with Crippen LogP contribution in [0.2, 0.25) is 0 Å². The molecular weight excluding hydrogens is 290 g/mol. The molecule has 3 aliphatic rings. The number of nitrogens with zero attached hydrogens (tertiary/aromatic N) is 3. The van der Waals surface area contributed by atoms with Gasteiger partial charge in [-0.15, -0.1) is 0 Å². The Hall–Kier alpha value is -2.19. The molecule has 0 amide bonds. The summed E-state index contributed by atoms with van der Waals surface area (Å²) in [5.74, 6) is -0.109. The highest BCUT2D eigenvalue weighted by Crippen LogP contribution is 2.50. The minimum Gasteiger partial charge on any atom is -0.393 e. The maximum Gasteiger partial charge on any atom is 0.179 e. The van der Waals surface area contributed by atoms with Crippen molar-refractivity contribution in [2.75, 3.05) is 13.1 Å². The van der Waals surface area contributed by atoms with Crippen LogP contribution in [0.3, 0.4) is 0 Å². The van der Waals surface area contributed by atoms with Crippen molar-refractivity contribution < 1.29 is 9.90 Å². The number of aromatic nitrogens is 1. The van der Waals surface area contributed by atoms with E-state index in [2.05, 4.69) is 16.0 Å². The van der Waals surface area contributed by atoms with E-state index in [4.69, 9.17) is 0 Å². The van der Waals surface area contributed by atoms with Crippen LogP contribution in [0, 0.1) is 16.7 Å². The number of pyridine rings is 1. The van der Waals surface area contributed by atoms with Gasteiger partial charge < -0.3 is 10.0 Å². The molecule has 0 aromatic carbocycles. The van der Waals surface area contributed by atoms with Gasteiger partial charge in [0.2, 0.25) is 0 Å². The van der Waals surface area contributed by atoms with E-state index >= 15 is 0 Å². The van der Waals surface area contributed by atoms with Gasteiger partial charge >= 0.3 is 0 Å². The number of carbonyl (C=O) groups is 1. The molecule has 1 aliphatic heterocycles. The quantitative estimate of drug-likeness (QED) is 0.854. The molecule has 1 N–H and O–H groups in total. The fourth-order valence-electron chi connectivity index (χ4n) is 4.32. The molecule has 1 aromatic rings. The van der Waals surface area contributed by atoms with Crippen molar-refractivity contribution in [3.05, 3.63) is 35.2 Å². The molecule has 1 spiro atoms. The second kappa shape index (κ2) is 5.17. The van der Waals surface area contributed by atoms with Crippen molar-refractivity contribution >= 4 is 11.5 Å². The highest BCUT2D eigenvalue weighted by Gasteiger charge is 2.46. The van der Waals surface area contributed by atoms with Gasteiger partial charge in [-0.2, -0.15) is 5.26 Å². The van der Waals surface area contributed by atoms with Gasteiger partial charge in [0, 0.05) is 37.5 Å². The molecule has 5 heteroatoms. The summed E-state index contributed by atoms with van der Waals surface area (Å²) in [5.41, 5.74) is 3.24. The van der Waals surface area contributed by atoms with Crippen molar-refractivity contribution in [2.45, 2.75) is 38.2 Å². The number of carbonyl (C=O) groups excluding carboxylic acids is 1. The fourth-order valence-corrected chi connectivity index (χ4v) is 4.32. The number of hydrogen-bond acceptors (Lipinski definition) is 5. The predicted octanol–water partition coefficient (Wildman–Crippen LogP) is 1.68. The molecule has 2 fully saturated rings. The van der Waals surface area contributed by atoms with Crippen LogP contribution in [0.25, 0.3) is 5.70 Å². The molecule has 23 heavy (non-hydrogen) atoms. The van der Waals surface area contributed by atoms with E-state index in [-0.39, 0.29) is 29.3 Å². The predicted molar refractivity (Wildman–Crippen MR) is 84.0 cm³/mol. The summed E-state index contributed by atoms with van der Waals surface area (Å²) in [5, 5.41) is 19.1. The first-order chi connectivity index (χ1) is 11.1. The van der Waals surface area contributed by atoms with E-state index in [0.717, 1.165) is 55.6 Å². The SMILES string of the molecule is N#CC1=C(N2CCC3(CC2)CC(O)C3)c2ccncc2CC1=O. The number of likely N-dealkylation sites (tertiary alicyclic amines) is 1. The Labute approximate surface area is 135 Å². The maximum atomic E-state index is 12.3. The monoisotopic (exact) mass is 309 g/mol. The summed E-state index contributed by atoms with van der Waals surface area (Å²) < 4.78 is 0. The summed E-state index contributed by atoms with van der Waals surface area (Å²) in [6, 6.07) is 4.03. The van der Waals surface area contributed by atoms with Crippen LogP contribution in [0.5, 0.6) is 0 Å². The number of allylic oxidation sites excluding steroid dienone is 1. The molecule has 1 saturated carbocycles. The van der Waals surface area contributed by atoms with Crippen LogP contribution >= 0.6 is 0 Å². The number of fused-ring (bicyclic) bond motifs is 1. The highest BCUT2D eigenvalue weighted by atomic mass is 16.3. The molecule has 0 atom stereocenters. The number of piperidine rings is 1. The molecule has 4 rings (SSSR count). The summed E-state index contributed by atoms with van der Waals surface area (Å²) in [6.45, 7) is 1.67. The normalized spacial score (nSPS) is 23.5. The number of aliphatic hydroxyl groups is 1. The van der Waals surface area contributed by atoms with Crippen molar-refractivity contribution in [1.82, 2.24) is 9.88 Å². The summed E-state index contributed by atoms with van der Waals surface area (Å²) in [6.07, 6.45) is 7.39. The molecule has 1 aromatic heterocycles. The van der Waals surface area contributed by atoms with Crippen LogP contribution in [-0.2, 0) is 11.2 Å². The largest absolute Gasteiger partial charge is 0.393 e. The average Bonchev–Trinajstić information content (AvgIpc) is 2.53. The van der Waals surface area contributed by atoms with Crippen molar-refractivity contribution in [3.63, 3.8) is 0 Å². The Morgan fingerprint density at radius 2 is 2.09 bits per heavy atom.